The van der Waals surface area contributed by atoms with Gasteiger partial charge in [-0.25, -0.2) is 25.8 Å². The number of methoxy groups -OCH3 is 2. The van der Waals surface area contributed by atoms with Crippen LogP contribution in [0, 0.1) is 13.8 Å². The number of halogens is 1. The molecule has 0 radical (unpaired) electrons. The monoisotopic (exact) mass is 700 g/mol. The van der Waals surface area contributed by atoms with Crippen molar-refractivity contribution < 1.29 is 26.3 Å². The second-order valence-corrected chi connectivity index (χ2v) is 15.2. The molecule has 244 valence electrons. The van der Waals surface area contributed by atoms with Crippen molar-refractivity contribution in [2.24, 2.45) is 0 Å². The normalized spacial score (nSPS) is 11.8. The van der Waals surface area contributed by atoms with Gasteiger partial charge < -0.3 is 9.47 Å². The van der Waals surface area contributed by atoms with Crippen LogP contribution in [0.2, 0.25) is 0 Å². The molecule has 10 nitrogen and oxygen atoms in total. The molecular weight excluding hydrogens is 672 g/mol. The van der Waals surface area contributed by atoms with Crippen LogP contribution in [-0.2, 0) is 19.1 Å². The second kappa shape index (κ2) is 12.9. The van der Waals surface area contributed by atoms with Gasteiger partial charge >= 0.3 is 0 Å². The van der Waals surface area contributed by atoms with Gasteiger partial charge in [0.25, 0.3) is 19.1 Å². The molecule has 0 saturated carbocycles. The van der Waals surface area contributed by atoms with Gasteiger partial charge in [-0.15, -0.1) is 0 Å². The van der Waals surface area contributed by atoms with Crippen LogP contribution in [0.5, 0.6) is 11.5 Å². The van der Waals surface area contributed by atoms with Crippen LogP contribution in [0.3, 0.4) is 0 Å². The van der Waals surface area contributed by atoms with Gasteiger partial charge in [0, 0.05) is 57.2 Å². The maximum atomic E-state index is 13.9. The molecule has 0 unspecified atom stereocenters. The minimum Gasteiger partial charge on any atom is -0.493 e. The summed E-state index contributed by atoms with van der Waals surface area (Å²) in [6.45, 7) is 3.69. The number of rotatable bonds is 6. The molecule has 0 spiro atoms. The molecule has 0 aliphatic rings. The summed E-state index contributed by atoms with van der Waals surface area (Å²) in [6.07, 6.45) is 6.33. The number of benzene rings is 3. The Hall–Kier alpha value is -5.04. The number of hydrogen-bond acceptors (Lipinski definition) is 9. The Morgan fingerprint density at radius 1 is 0.667 bits per heavy atom. The van der Waals surface area contributed by atoms with E-state index in [1.807, 2.05) is 50.2 Å². The van der Waals surface area contributed by atoms with E-state index in [1.165, 1.54) is 10.0 Å². The standard InChI is InChI=1S/C25H21N3O4S.C10H8ClNO2S/c1-16-12-18-6-4-10-26-24(18)23(13-16)33(29,30)28-15-20(19-7-5-11-27-25(19)28)17-8-9-21(31-2)22(14-17)32-3;1-7-5-8-3-2-4-12-10(8)9(6-7)15(11,13)14/h4-15H,1-3H3;2-6H,1H3. The van der Waals surface area contributed by atoms with Crippen LogP contribution >= 0.6 is 10.7 Å². The number of fused-ring (bicyclic) bond motifs is 3. The molecule has 13 heteroatoms. The van der Waals surface area contributed by atoms with Crippen molar-refractivity contribution in [1.29, 1.82) is 0 Å². The van der Waals surface area contributed by atoms with Crippen LogP contribution in [0.1, 0.15) is 11.1 Å². The van der Waals surface area contributed by atoms with Gasteiger partial charge in [-0.3, -0.25) is 9.97 Å². The molecule has 48 heavy (non-hydrogen) atoms. The highest BCUT2D eigenvalue weighted by molar-refractivity contribution is 8.14. The number of ether oxygens (including phenoxy) is 2. The van der Waals surface area contributed by atoms with Crippen molar-refractivity contribution in [2.75, 3.05) is 14.2 Å². The molecule has 0 bridgehead atoms. The van der Waals surface area contributed by atoms with Crippen molar-refractivity contribution in [2.45, 2.75) is 23.6 Å². The minimum atomic E-state index is -3.99. The van der Waals surface area contributed by atoms with Crippen molar-refractivity contribution in [3.63, 3.8) is 0 Å². The molecule has 7 aromatic rings. The number of aromatic nitrogens is 4. The van der Waals surface area contributed by atoms with E-state index in [-0.39, 0.29) is 9.79 Å². The van der Waals surface area contributed by atoms with Crippen molar-refractivity contribution in [3.8, 4) is 22.6 Å². The van der Waals surface area contributed by atoms with Gasteiger partial charge in [0.1, 0.15) is 9.79 Å². The highest BCUT2D eigenvalue weighted by atomic mass is 35.7. The fraction of sp³-hybridized carbons (Fsp3) is 0.114. The molecule has 0 saturated heterocycles. The maximum Gasteiger partial charge on any atom is 0.271 e. The van der Waals surface area contributed by atoms with E-state index in [0.717, 1.165) is 27.5 Å². The zero-order chi connectivity index (χ0) is 34.2. The van der Waals surface area contributed by atoms with Crippen LogP contribution < -0.4 is 9.47 Å². The molecule has 4 heterocycles. The molecule has 0 aliphatic heterocycles. The van der Waals surface area contributed by atoms with Crippen molar-refractivity contribution in [1.82, 2.24) is 18.9 Å². The van der Waals surface area contributed by atoms with Gasteiger partial charge in [0.05, 0.1) is 25.3 Å². The van der Waals surface area contributed by atoms with Crippen LogP contribution in [-0.4, -0.2) is 50.0 Å². The number of aryl methyl sites for hydroxylation is 2. The Labute approximate surface area is 282 Å². The fourth-order valence-corrected chi connectivity index (χ4v) is 8.20. The van der Waals surface area contributed by atoms with Gasteiger partial charge in [0.15, 0.2) is 17.1 Å². The first-order chi connectivity index (χ1) is 22.9. The second-order valence-electron chi connectivity index (χ2n) is 10.9. The topological polar surface area (TPSA) is 130 Å². The third-order valence-corrected chi connectivity index (χ3v) is 10.7. The fourth-order valence-electron chi connectivity index (χ4n) is 5.54. The molecule has 4 aromatic heterocycles. The molecule has 0 fully saturated rings. The summed E-state index contributed by atoms with van der Waals surface area (Å²) in [5, 5.41) is 2.25. The SMILES string of the molecule is COc1ccc(-c2cn(S(=O)(=O)c3cc(C)cc4cccnc34)c3ncccc23)cc1OC.Cc1cc(S(=O)(=O)Cl)c2ncccc2c1. The largest absolute Gasteiger partial charge is 0.493 e. The Bertz CT molecular complexity index is 2570. The Morgan fingerprint density at radius 2 is 1.23 bits per heavy atom. The Kier molecular flexibility index (Phi) is 8.82. The zero-order valence-corrected chi connectivity index (χ0v) is 28.6. The van der Waals surface area contributed by atoms with E-state index in [1.54, 1.807) is 75.4 Å². The lowest BCUT2D eigenvalue weighted by molar-refractivity contribution is 0.355. The van der Waals surface area contributed by atoms with Crippen LogP contribution in [0.25, 0.3) is 44.0 Å². The van der Waals surface area contributed by atoms with Gasteiger partial charge in [0.2, 0.25) is 0 Å². The molecule has 0 atom stereocenters. The number of nitrogens with zero attached hydrogens (tertiary/aromatic N) is 4. The van der Waals surface area contributed by atoms with E-state index in [2.05, 4.69) is 15.0 Å². The van der Waals surface area contributed by atoms with Gasteiger partial charge in [-0.05, 0) is 91.2 Å². The summed E-state index contributed by atoms with van der Waals surface area (Å²) < 4.78 is 62.5. The van der Waals surface area contributed by atoms with Gasteiger partial charge in [-0.2, -0.15) is 0 Å². The summed E-state index contributed by atoms with van der Waals surface area (Å²) >= 11 is 0. The van der Waals surface area contributed by atoms with Gasteiger partial charge in [-0.1, -0.05) is 18.2 Å². The van der Waals surface area contributed by atoms with Crippen LogP contribution in [0.15, 0.2) is 113 Å². The Balaban J connectivity index is 0.000000223. The smallest absolute Gasteiger partial charge is 0.271 e. The number of hydrogen-bond donors (Lipinski definition) is 0. The van der Waals surface area contributed by atoms with E-state index >= 15 is 0 Å². The summed E-state index contributed by atoms with van der Waals surface area (Å²) in [5.74, 6) is 1.14. The molecular formula is C35H29ClN4O6S2. The van der Waals surface area contributed by atoms with Crippen LogP contribution in [0.4, 0.5) is 0 Å². The third-order valence-electron chi connectivity index (χ3n) is 7.65. The van der Waals surface area contributed by atoms with Crippen molar-refractivity contribution in [3.05, 3.63) is 115 Å². The Morgan fingerprint density at radius 3 is 1.83 bits per heavy atom. The lowest BCUT2D eigenvalue weighted by Crippen LogP contribution is -2.13. The molecule has 0 aliphatic carbocycles. The summed E-state index contributed by atoms with van der Waals surface area (Å²) in [4.78, 5) is 13.0. The quantitative estimate of drug-likeness (QED) is 0.164. The van der Waals surface area contributed by atoms with E-state index in [0.29, 0.717) is 39.1 Å². The summed E-state index contributed by atoms with van der Waals surface area (Å²) in [7, 11) is 0.737. The maximum absolute atomic E-state index is 13.9. The van der Waals surface area contributed by atoms with E-state index in [4.69, 9.17) is 20.2 Å². The van der Waals surface area contributed by atoms with E-state index in [9.17, 15) is 16.8 Å². The predicted molar refractivity (Wildman–Crippen MR) is 187 cm³/mol. The summed E-state index contributed by atoms with van der Waals surface area (Å²) in [6, 6.07) is 23.3. The predicted octanol–water partition coefficient (Wildman–Crippen LogP) is 7.28. The average Bonchev–Trinajstić information content (AvgIpc) is 3.47. The van der Waals surface area contributed by atoms with Crippen molar-refractivity contribution >= 4 is 62.6 Å². The minimum absolute atomic E-state index is 0.0692. The molecule has 3 aromatic carbocycles. The third kappa shape index (κ3) is 6.17. The average molecular weight is 701 g/mol. The molecule has 0 amide bonds. The lowest BCUT2D eigenvalue weighted by Gasteiger charge is -2.10. The highest BCUT2D eigenvalue weighted by Crippen LogP contribution is 2.37. The molecule has 7 rings (SSSR count). The first kappa shape index (κ1) is 32.9. The zero-order valence-electron chi connectivity index (χ0n) is 26.2. The highest BCUT2D eigenvalue weighted by Gasteiger charge is 2.26. The molecule has 0 N–H and O–H groups in total. The summed E-state index contributed by atoms with van der Waals surface area (Å²) in [5.41, 5.74) is 4.35. The lowest BCUT2D eigenvalue weighted by atomic mass is 10.1. The number of pyridine rings is 3. The first-order valence-electron chi connectivity index (χ1n) is 14.5. The van der Waals surface area contributed by atoms with E-state index < -0.39 is 19.1 Å². The first-order valence-corrected chi connectivity index (χ1v) is 18.3.